The van der Waals surface area contributed by atoms with Crippen molar-refractivity contribution in [3.8, 4) is 22.9 Å². The molecule has 0 spiro atoms. The van der Waals surface area contributed by atoms with E-state index in [-0.39, 0.29) is 5.56 Å². The zero-order valence-electron chi connectivity index (χ0n) is 18.6. The highest BCUT2D eigenvalue weighted by molar-refractivity contribution is 5.87. The van der Waals surface area contributed by atoms with Crippen molar-refractivity contribution in [2.24, 2.45) is 0 Å². The monoisotopic (exact) mass is 422 g/mol. The smallest absolute Gasteiger partial charge is 0.262 e. The van der Waals surface area contributed by atoms with Gasteiger partial charge in [-0.1, -0.05) is 12.1 Å². The van der Waals surface area contributed by atoms with Crippen molar-refractivity contribution in [1.29, 1.82) is 0 Å². The SMILES string of the molecule is COc1cc(OC)c2c(=O)[nH]c(-c3cccc(NC4CCN(C(C)C)CC4)c3)nc2c1. The van der Waals surface area contributed by atoms with Crippen molar-refractivity contribution in [2.75, 3.05) is 32.6 Å². The summed E-state index contributed by atoms with van der Waals surface area (Å²) in [5.41, 5.74) is 2.19. The van der Waals surface area contributed by atoms with E-state index in [1.807, 2.05) is 18.2 Å². The number of benzene rings is 2. The lowest BCUT2D eigenvalue weighted by atomic mass is 10.0. The summed E-state index contributed by atoms with van der Waals surface area (Å²) in [7, 11) is 3.11. The van der Waals surface area contributed by atoms with Crippen molar-refractivity contribution in [1.82, 2.24) is 14.9 Å². The number of H-pyrrole nitrogens is 1. The molecule has 0 amide bonds. The third-order valence-electron chi connectivity index (χ3n) is 5.97. The molecule has 1 saturated heterocycles. The lowest BCUT2D eigenvalue weighted by molar-refractivity contribution is 0.177. The van der Waals surface area contributed by atoms with Crippen molar-refractivity contribution < 1.29 is 9.47 Å². The third kappa shape index (κ3) is 4.51. The normalized spacial score (nSPS) is 15.4. The molecule has 0 aliphatic carbocycles. The van der Waals surface area contributed by atoms with Gasteiger partial charge in [-0.05, 0) is 38.8 Å². The second kappa shape index (κ2) is 8.98. The van der Waals surface area contributed by atoms with Crippen LogP contribution in [0.15, 0.2) is 41.2 Å². The van der Waals surface area contributed by atoms with Gasteiger partial charge >= 0.3 is 0 Å². The van der Waals surface area contributed by atoms with Crippen LogP contribution in [0.3, 0.4) is 0 Å². The van der Waals surface area contributed by atoms with E-state index < -0.39 is 0 Å². The first-order valence-electron chi connectivity index (χ1n) is 10.8. The minimum atomic E-state index is -0.237. The predicted octanol–water partition coefficient (Wildman–Crippen LogP) is 3.89. The number of fused-ring (bicyclic) bond motifs is 1. The molecule has 1 aliphatic heterocycles. The molecule has 3 aromatic rings. The Morgan fingerprint density at radius 1 is 1.13 bits per heavy atom. The molecule has 1 aliphatic rings. The summed E-state index contributed by atoms with van der Waals surface area (Å²) in [6.45, 7) is 6.72. The number of rotatable bonds is 6. The van der Waals surface area contributed by atoms with E-state index in [0.29, 0.717) is 40.3 Å². The van der Waals surface area contributed by atoms with Crippen molar-refractivity contribution in [3.63, 3.8) is 0 Å². The molecule has 2 heterocycles. The highest BCUT2D eigenvalue weighted by atomic mass is 16.5. The van der Waals surface area contributed by atoms with Crippen LogP contribution in [0.25, 0.3) is 22.3 Å². The Balaban J connectivity index is 1.61. The van der Waals surface area contributed by atoms with Gasteiger partial charge in [0.1, 0.15) is 22.7 Å². The molecule has 2 aromatic carbocycles. The van der Waals surface area contributed by atoms with E-state index in [1.165, 1.54) is 7.11 Å². The summed E-state index contributed by atoms with van der Waals surface area (Å²) < 4.78 is 10.7. The highest BCUT2D eigenvalue weighted by Crippen LogP contribution is 2.29. The second-order valence-electron chi connectivity index (χ2n) is 8.27. The molecule has 7 heteroatoms. The van der Waals surface area contributed by atoms with Crippen LogP contribution in [0.2, 0.25) is 0 Å². The number of aromatic amines is 1. The summed E-state index contributed by atoms with van der Waals surface area (Å²) in [4.78, 5) is 22.9. The molecule has 1 fully saturated rings. The average Bonchev–Trinajstić information content (AvgIpc) is 2.78. The fraction of sp³-hybridized carbons (Fsp3) is 0.417. The first-order chi connectivity index (χ1) is 15.0. The van der Waals surface area contributed by atoms with Gasteiger partial charge in [-0.2, -0.15) is 0 Å². The Morgan fingerprint density at radius 2 is 1.90 bits per heavy atom. The average molecular weight is 423 g/mol. The second-order valence-corrected chi connectivity index (χ2v) is 8.27. The molecular formula is C24H30N4O3. The van der Waals surface area contributed by atoms with Crippen LogP contribution in [-0.4, -0.2) is 54.3 Å². The number of hydrogen-bond donors (Lipinski definition) is 2. The topological polar surface area (TPSA) is 79.5 Å². The Kier molecular flexibility index (Phi) is 6.13. The number of aromatic nitrogens is 2. The lowest BCUT2D eigenvalue weighted by Crippen LogP contribution is -2.42. The standard InChI is InChI=1S/C24H30N4O3/c1-15(2)28-10-8-17(9-11-28)25-18-7-5-6-16(12-18)23-26-20-13-19(30-3)14-21(31-4)22(20)24(29)27-23/h5-7,12-15,17,25H,8-11H2,1-4H3,(H,26,27,29). The maximum atomic E-state index is 12.8. The van der Waals surface area contributed by atoms with E-state index in [0.717, 1.165) is 37.2 Å². The molecular weight excluding hydrogens is 392 g/mol. The van der Waals surface area contributed by atoms with Crippen molar-refractivity contribution >= 4 is 16.6 Å². The van der Waals surface area contributed by atoms with Gasteiger partial charge < -0.3 is 24.7 Å². The quantitative estimate of drug-likeness (QED) is 0.627. The van der Waals surface area contributed by atoms with Gasteiger partial charge in [0.2, 0.25) is 0 Å². The maximum absolute atomic E-state index is 12.8. The largest absolute Gasteiger partial charge is 0.497 e. The minimum Gasteiger partial charge on any atom is -0.497 e. The van der Waals surface area contributed by atoms with Crippen LogP contribution in [0.1, 0.15) is 26.7 Å². The number of nitrogens with zero attached hydrogens (tertiary/aromatic N) is 2. The van der Waals surface area contributed by atoms with E-state index in [1.54, 1.807) is 19.2 Å². The number of methoxy groups -OCH3 is 2. The molecule has 0 atom stereocenters. The molecule has 1 aromatic heterocycles. The van der Waals surface area contributed by atoms with Crippen LogP contribution >= 0.6 is 0 Å². The highest BCUT2D eigenvalue weighted by Gasteiger charge is 2.21. The van der Waals surface area contributed by atoms with Crippen LogP contribution in [-0.2, 0) is 0 Å². The number of nitrogens with one attached hydrogen (secondary N) is 2. The fourth-order valence-corrected chi connectivity index (χ4v) is 4.18. The fourth-order valence-electron chi connectivity index (χ4n) is 4.18. The number of likely N-dealkylation sites (tertiary alicyclic amines) is 1. The Labute approximate surface area is 182 Å². The Hall–Kier alpha value is -3.06. The van der Waals surface area contributed by atoms with Crippen LogP contribution in [0.5, 0.6) is 11.5 Å². The minimum absolute atomic E-state index is 0.237. The van der Waals surface area contributed by atoms with Gasteiger partial charge in [0, 0.05) is 48.6 Å². The summed E-state index contributed by atoms with van der Waals surface area (Å²) in [6, 6.07) is 12.5. The molecule has 4 rings (SSSR count). The summed E-state index contributed by atoms with van der Waals surface area (Å²) in [5, 5.41) is 4.07. The number of hydrogen-bond acceptors (Lipinski definition) is 6. The van der Waals surface area contributed by atoms with Gasteiger partial charge in [0.25, 0.3) is 5.56 Å². The van der Waals surface area contributed by atoms with E-state index in [4.69, 9.17) is 14.5 Å². The molecule has 7 nitrogen and oxygen atoms in total. The predicted molar refractivity (Wildman–Crippen MR) is 124 cm³/mol. The number of anilines is 1. The van der Waals surface area contributed by atoms with Gasteiger partial charge in [0.05, 0.1) is 19.7 Å². The van der Waals surface area contributed by atoms with Crippen LogP contribution in [0, 0.1) is 0 Å². The van der Waals surface area contributed by atoms with Gasteiger partial charge in [-0.3, -0.25) is 4.79 Å². The number of ether oxygens (including phenoxy) is 2. The Bertz CT molecular complexity index is 1120. The molecule has 2 N–H and O–H groups in total. The number of piperidine rings is 1. The lowest BCUT2D eigenvalue weighted by Gasteiger charge is -2.35. The molecule has 164 valence electrons. The zero-order valence-corrected chi connectivity index (χ0v) is 18.6. The van der Waals surface area contributed by atoms with Crippen LogP contribution in [0.4, 0.5) is 5.69 Å². The van der Waals surface area contributed by atoms with E-state index in [9.17, 15) is 4.79 Å². The molecule has 0 unspecified atom stereocenters. The van der Waals surface area contributed by atoms with Gasteiger partial charge in [-0.15, -0.1) is 0 Å². The van der Waals surface area contributed by atoms with Crippen molar-refractivity contribution in [2.45, 2.75) is 38.8 Å². The maximum Gasteiger partial charge on any atom is 0.262 e. The third-order valence-corrected chi connectivity index (χ3v) is 5.97. The van der Waals surface area contributed by atoms with Crippen molar-refractivity contribution in [3.05, 3.63) is 46.8 Å². The first-order valence-corrected chi connectivity index (χ1v) is 10.8. The summed E-state index contributed by atoms with van der Waals surface area (Å²) >= 11 is 0. The van der Waals surface area contributed by atoms with Crippen LogP contribution < -0.4 is 20.3 Å². The molecule has 31 heavy (non-hydrogen) atoms. The van der Waals surface area contributed by atoms with Gasteiger partial charge in [0.15, 0.2) is 0 Å². The van der Waals surface area contributed by atoms with E-state index in [2.05, 4.69) is 35.1 Å². The molecule has 0 radical (unpaired) electrons. The molecule has 0 bridgehead atoms. The van der Waals surface area contributed by atoms with Gasteiger partial charge in [-0.25, -0.2) is 4.98 Å². The molecule has 0 saturated carbocycles. The summed E-state index contributed by atoms with van der Waals surface area (Å²) in [5.74, 6) is 1.56. The Morgan fingerprint density at radius 3 is 2.58 bits per heavy atom. The van der Waals surface area contributed by atoms with E-state index >= 15 is 0 Å². The first kappa shape index (κ1) is 21.2. The summed E-state index contributed by atoms with van der Waals surface area (Å²) in [6.07, 6.45) is 2.24. The zero-order chi connectivity index (χ0) is 22.0.